The van der Waals surface area contributed by atoms with Crippen LogP contribution in [0.4, 0.5) is 5.69 Å². The largest absolute Gasteiger partial charge is 0.495 e. The fraction of sp³-hybridized carbons (Fsp3) is 0.476. The van der Waals surface area contributed by atoms with Gasteiger partial charge in [-0.3, -0.25) is 4.90 Å². The van der Waals surface area contributed by atoms with Gasteiger partial charge in [0.15, 0.2) is 0 Å². The molecular weight excluding hydrogens is 358 g/mol. The Bertz CT molecular complexity index is 710. The zero-order chi connectivity index (χ0) is 18.9. The normalized spacial score (nSPS) is 15.8. The van der Waals surface area contributed by atoms with Crippen LogP contribution in [0.15, 0.2) is 46.2 Å². The molecule has 1 aromatic carbocycles. The number of benzene rings is 1. The lowest BCUT2D eigenvalue weighted by atomic mass is 10.1. The Balaban J connectivity index is 1.53. The third-order valence-corrected chi connectivity index (χ3v) is 5.47. The summed E-state index contributed by atoms with van der Waals surface area (Å²) in [7, 11) is 1.74. The maximum Gasteiger partial charge on any atom is 0.142 e. The number of piperazine rings is 1. The van der Waals surface area contributed by atoms with E-state index in [1.165, 1.54) is 11.3 Å². The monoisotopic (exact) mass is 387 g/mol. The summed E-state index contributed by atoms with van der Waals surface area (Å²) in [4.78, 5) is 10.4. The molecule has 6 heteroatoms. The molecule has 3 rings (SSSR count). The van der Waals surface area contributed by atoms with Crippen molar-refractivity contribution in [3.63, 3.8) is 0 Å². The predicted molar refractivity (Wildman–Crippen MR) is 113 cm³/mol. The molecular formula is C21H29N3O2S. The number of thiophene rings is 1. The van der Waals surface area contributed by atoms with Crippen LogP contribution in [-0.2, 0) is 4.84 Å². The second-order valence-electron chi connectivity index (χ2n) is 6.63. The molecule has 0 saturated carbocycles. The van der Waals surface area contributed by atoms with Gasteiger partial charge in [-0.15, -0.1) is 0 Å². The molecule has 0 atom stereocenters. The lowest BCUT2D eigenvalue weighted by Gasteiger charge is -2.36. The topological polar surface area (TPSA) is 37.3 Å². The highest BCUT2D eigenvalue weighted by Gasteiger charge is 2.20. The Morgan fingerprint density at radius 2 is 1.96 bits per heavy atom. The summed E-state index contributed by atoms with van der Waals surface area (Å²) in [6.07, 6.45) is 1.89. The average Bonchev–Trinajstić information content (AvgIpc) is 3.25. The lowest BCUT2D eigenvalue weighted by Crippen LogP contribution is -2.47. The number of ether oxygens (including phenoxy) is 1. The van der Waals surface area contributed by atoms with Crippen LogP contribution in [0.1, 0.15) is 25.3 Å². The first-order valence-corrected chi connectivity index (χ1v) is 10.6. The molecule has 0 unspecified atom stereocenters. The molecule has 2 aromatic rings. The Kier molecular flexibility index (Phi) is 7.54. The number of hydrogen-bond acceptors (Lipinski definition) is 6. The Morgan fingerprint density at radius 1 is 1.15 bits per heavy atom. The molecule has 1 saturated heterocycles. The van der Waals surface area contributed by atoms with Crippen LogP contribution in [0.2, 0.25) is 0 Å². The van der Waals surface area contributed by atoms with Crippen molar-refractivity contribution in [1.29, 1.82) is 0 Å². The summed E-state index contributed by atoms with van der Waals surface area (Å²) < 4.78 is 5.51. The number of hydrogen-bond donors (Lipinski definition) is 0. The van der Waals surface area contributed by atoms with E-state index < -0.39 is 0 Å². The molecule has 0 bridgehead atoms. The minimum Gasteiger partial charge on any atom is -0.495 e. The van der Waals surface area contributed by atoms with Gasteiger partial charge in [0, 0.05) is 44.7 Å². The smallest absolute Gasteiger partial charge is 0.142 e. The Labute approximate surface area is 166 Å². The van der Waals surface area contributed by atoms with Gasteiger partial charge in [0.25, 0.3) is 0 Å². The minimum atomic E-state index is 0.672. The first kappa shape index (κ1) is 19.7. The van der Waals surface area contributed by atoms with Crippen molar-refractivity contribution in [2.45, 2.75) is 19.8 Å². The van der Waals surface area contributed by atoms with Gasteiger partial charge in [0.1, 0.15) is 12.4 Å². The lowest BCUT2D eigenvalue weighted by molar-refractivity contribution is 0.144. The van der Waals surface area contributed by atoms with Gasteiger partial charge >= 0.3 is 0 Å². The highest BCUT2D eigenvalue weighted by Crippen LogP contribution is 2.28. The van der Waals surface area contributed by atoms with Crippen LogP contribution in [-0.4, -0.2) is 57.1 Å². The summed E-state index contributed by atoms with van der Waals surface area (Å²) >= 11 is 1.70. The van der Waals surface area contributed by atoms with E-state index in [2.05, 4.69) is 50.8 Å². The summed E-state index contributed by atoms with van der Waals surface area (Å²) in [5, 5.41) is 8.64. The van der Waals surface area contributed by atoms with Crippen molar-refractivity contribution in [2.24, 2.45) is 5.16 Å². The van der Waals surface area contributed by atoms with Crippen LogP contribution >= 0.6 is 11.3 Å². The van der Waals surface area contributed by atoms with E-state index in [0.717, 1.165) is 57.0 Å². The zero-order valence-corrected chi connectivity index (χ0v) is 17.1. The van der Waals surface area contributed by atoms with Crippen LogP contribution < -0.4 is 9.64 Å². The molecule has 1 aliphatic heterocycles. The van der Waals surface area contributed by atoms with Crippen LogP contribution in [0.25, 0.3) is 0 Å². The number of oxime groups is 1. The van der Waals surface area contributed by atoms with Crippen molar-refractivity contribution in [2.75, 3.05) is 51.3 Å². The number of para-hydroxylation sites is 2. The van der Waals surface area contributed by atoms with Crippen LogP contribution in [0, 0.1) is 0 Å². The minimum absolute atomic E-state index is 0.672. The first-order valence-electron chi connectivity index (χ1n) is 9.63. The third-order valence-electron chi connectivity index (χ3n) is 4.79. The van der Waals surface area contributed by atoms with Crippen LogP contribution in [0.3, 0.4) is 0 Å². The molecule has 1 fully saturated rings. The molecule has 0 amide bonds. The third kappa shape index (κ3) is 5.47. The van der Waals surface area contributed by atoms with Crippen molar-refractivity contribution in [3.05, 3.63) is 46.7 Å². The highest BCUT2D eigenvalue weighted by molar-refractivity contribution is 7.08. The average molecular weight is 388 g/mol. The SMILES string of the molecule is CCCON=C(CCN1CCN(c2ccccc2OC)CC1)c1ccsc1. The molecule has 27 heavy (non-hydrogen) atoms. The fourth-order valence-electron chi connectivity index (χ4n) is 3.25. The molecule has 0 aliphatic carbocycles. The number of anilines is 1. The van der Waals surface area contributed by atoms with E-state index in [9.17, 15) is 0 Å². The molecule has 0 spiro atoms. The summed E-state index contributed by atoms with van der Waals surface area (Å²) in [5.74, 6) is 0.950. The fourth-order valence-corrected chi connectivity index (χ4v) is 3.92. The first-order chi connectivity index (χ1) is 13.3. The number of rotatable bonds is 9. The van der Waals surface area contributed by atoms with Gasteiger partial charge < -0.3 is 14.5 Å². The van der Waals surface area contributed by atoms with E-state index in [1.807, 2.05) is 12.1 Å². The van der Waals surface area contributed by atoms with Gasteiger partial charge in [-0.2, -0.15) is 11.3 Å². The highest BCUT2D eigenvalue weighted by atomic mass is 32.1. The molecule has 5 nitrogen and oxygen atoms in total. The number of methoxy groups -OCH3 is 1. The molecule has 146 valence electrons. The standard InChI is InChI=1S/C21H29N3O2S/c1-3-15-26-22-19(18-9-16-27-17-18)8-10-23-11-13-24(14-12-23)20-6-4-5-7-21(20)25-2/h4-7,9,16-17H,3,8,10-15H2,1-2H3. The molecule has 1 aromatic heterocycles. The second kappa shape index (κ2) is 10.3. The molecule has 1 aliphatic rings. The summed E-state index contributed by atoms with van der Waals surface area (Å²) in [6, 6.07) is 10.4. The van der Waals surface area contributed by atoms with Crippen molar-refractivity contribution >= 4 is 22.7 Å². The van der Waals surface area contributed by atoms with Gasteiger partial charge in [0.05, 0.1) is 18.5 Å². The molecule has 2 heterocycles. The molecule has 0 radical (unpaired) electrons. The maximum atomic E-state index is 5.51. The van der Waals surface area contributed by atoms with E-state index in [1.54, 1.807) is 18.4 Å². The van der Waals surface area contributed by atoms with E-state index in [4.69, 9.17) is 9.57 Å². The number of nitrogens with zero attached hydrogens (tertiary/aromatic N) is 3. The van der Waals surface area contributed by atoms with Crippen LogP contribution in [0.5, 0.6) is 5.75 Å². The Morgan fingerprint density at radius 3 is 2.67 bits per heavy atom. The quantitative estimate of drug-likeness (QED) is 0.369. The molecule has 0 N–H and O–H groups in total. The van der Waals surface area contributed by atoms with E-state index in [0.29, 0.717) is 6.61 Å². The van der Waals surface area contributed by atoms with Gasteiger partial charge in [-0.1, -0.05) is 24.2 Å². The summed E-state index contributed by atoms with van der Waals surface area (Å²) in [6.45, 7) is 7.89. The van der Waals surface area contributed by atoms with Crippen molar-refractivity contribution < 1.29 is 9.57 Å². The predicted octanol–water partition coefficient (Wildman–Crippen LogP) is 4.10. The summed E-state index contributed by atoms with van der Waals surface area (Å²) in [5.41, 5.74) is 3.42. The van der Waals surface area contributed by atoms with Crippen molar-refractivity contribution in [1.82, 2.24) is 4.90 Å². The Hall–Kier alpha value is -2.05. The van der Waals surface area contributed by atoms with Gasteiger partial charge in [0.2, 0.25) is 0 Å². The maximum absolute atomic E-state index is 5.51. The zero-order valence-electron chi connectivity index (χ0n) is 16.3. The second-order valence-corrected chi connectivity index (χ2v) is 7.41. The van der Waals surface area contributed by atoms with Gasteiger partial charge in [-0.05, 0) is 35.4 Å². The van der Waals surface area contributed by atoms with Crippen molar-refractivity contribution in [3.8, 4) is 5.75 Å². The van der Waals surface area contributed by atoms with E-state index >= 15 is 0 Å². The van der Waals surface area contributed by atoms with Gasteiger partial charge in [-0.25, -0.2) is 0 Å². The van der Waals surface area contributed by atoms with E-state index in [-0.39, 0.29) is 0 Å².